The number of aliphatic hydroxyl groups is 1. The van der Waals surface area contributed by atoms with Crippen LogP contribution in [0, 0.1) is 0 Å². The Hall–Kier alpha value is -2.09. The molecule has 0 aliphatic rings. The van der Waals surface area contributed by atoms with Crippen LogP contribution in [0.25, 0.3) is 10.9 Å². The third-order valence-electron chi connectivity index (χ3n) is 3.15. The predicted molar refractivity (Wildman–Crippen MR) is 83.8 cm³/mol. The van der Waals surface area contributed by atoms with Gasteiger partial charge in [0, 0.05) is 4.88 Å². The molecule has 1 atom stereocenters. The second kappa shape index (κ2) is 6.78. The van der Waals surface area contributed by atoms with Gasteiger partial charge in [0.1, 0.15) is 5.52 Å². The van der Waals surface area contributed by atoms with Crippen molar-refractivity contribution in [3.8, 4) is 0 Å². The van der Waals surface area contributed by atoms with E-state index in [4.69, 9.17) is 4.74 Å². The summed E-state index contributed by atoms with van der Waals surface area (Å²) >= 11 is 1.60. The second-order valence-corrected chi connectivity index (χ2v) is 5.87. The summed E-state index contributed by atoms with van der Waals surface area (Å²) in [6, 6.07) is 10.9. The number of benzene rings is 1. The topological polar surface area (TPSA) is 77.2 Å². The zero-order chi connectivity index (χ0) is 15.4. The quantitative estimate of drug-likeness (QED) is 0.744. The van der Waals surface area contributed by atoms with Crippen molar-refractivity contribution in [3.63, 3.8) is 0 Å². The van der Waals surface area contributed by atoms with Crippen molar-refractivity contribution in [3.05, 3.63) is 57.0 Å². The highest BCUT2D eigenvalue weighted by molar-refractivity contribution is 7.09. The lowest BCUT2D eigenvalue weighted by molar-refractivity contribution is 0.0186. The summed E-state index contributed by atoms with van der Waals surface area (Å²) in [6.07, 6.45) is -0.812. The summed E-state index contributed by atoms with van der Waals surface area (Å²) < 4.78 is 6.60. The standard InChI is InChI=1S/C15H15N3O3S/c19-11(9-21-10-12-4-3-7-22-12)8-18-15(20)13-5-1-2-6-14(13)16-17-18/h1-7,11,19H,8-10H2/t11-/m1/s1. The molecule has 6 nitrogen and oxygen atoms in total. The monoisotopic (exact) mass is 317 g/mol. The number of nitrogens with zero attached hydrogens (tertiary/aromatic N) is 3. The average Bonchev–Trinajstić information content (AvgIpc) is 3.04. The van der Waals surface area contributed by atoms with Gasteiger partial charge in [0.25, 0.3) is 5.56 Å². The fraction of sp³-hybridized carbons (Fsp3) is 0.267. The zero-order valence-electron chi connectivity index (χ0n) is 11.8. The van der Waals surface area contributed by atoms with Crippen LogP contribution in [-0.4, -0.2) is 32.8 Å². The van der Waals surface area contributed by atoms with E-state index in [1.807, 2.05) is 17.5 Å². The maximum atomic E-state index is 12.2. The van der Waals surface area contributed by atoms with Crippen molar-refractivity contribution in [2.45, 2.75) is 19.3 Å². The molecule has 0 saturated heterocycles. The van der Waals surface area contributed by atoms with Gasteiger partial charge in [0.15, 0.2) is 0 Å². The molecular formula is C15H15N3O3S. The lowest BCUT2D eigenvalue weighted by Gasteiger charge is -2.11. The Bertz CT molecular complexity index is 801. The SMILES string of the molecule is O=c1c2ccccc2nnn1C[C@@H](O)COCc1cccs1. The van der Waals surface area contributed by atoms with Gasteiger partial charge in [0.2, 0.25) is 0 Å². The smallest absolute Gasteiger partial charge is 0.277 e. The minimum atomic E-state index is -0.812. The van der Waals surface area contributed by atoms with E-state index < -0.39 is 6.10 Å². The number of thiophene rings is 1. The predicted octanol–water partition coefficient (Wildman–Crippen LogP) is 1.43. The highest BCUT2D eigenvalue weighted by atomic mass is 32.1. The lowest BCUT2D eigenvalue weighted by atomic mass is 10.2. The van der Waals surface area contributed by atoms with Gasteiger partial charge in [-0.1, -0.05) is 23.4 Å². The summed E-state index contributed by atoms with van der Waals surface area (Å²) in [6.45, 7) is 0.646. The Kier molecular flexibility index (Phi) is 4.57. The van der Waals surface area contributed by atoms with E-state index in [0.29, 0.717) is 17.5 Å². The molecule has 3 aromatic rings. The molecule has 2 heterocycles. The zero-order valence-corrected chi connectivity index (χ0v) is 12.6. The van der Waals surface area contributed by atoms with Gasteiger partial charge >= 0.3 is 0 Å². The van der Waals surface area contributed by atoms with E-state index in [-0.39, 0.29) is 18.7 Å². The van der Waals surface area contributed by atoms with Crippen molar-refractivity contribution in [1.82, 2.24) is 15.0 Å². The molecule has 0 aliphatic carbocycles. The van der Waals surface area contributed by atoms with Crippen LogP contribution in [0.5, 0.6) is 0 Å². The van der Waals surface area contributed by atoms with Crippen molar-refractivity contribution in [1.29, 1.82) is 0 Å². The third-order valence-corrected chi connectivity index (χ3v) is 4.00. The molecule has 0 spiro atoms. The maximum absolute atomic E-state index is 12.2. The summed E-state index contributed by atoms with van der Waals surface area (Å²) in [4.78, 5) is 13.3. The first kappa shape index (κ1) is 14.8. The molecule has 3 rings (SSSR count). The van der Waals surface area contributed by atoms with Crippen LogP contribution >= 0.6 is 11.3 Å². The van der Waals surface area contributed by atoms with E-state index in [2.05, 4.69) is 10.3 Å². The molecule has 0 radical (unpaired) electrons. The van der Waals surface area contributed by atoms with Crippen LogP contribution in [0.2, 0.25) is 0 Å². The molecule has 2 aromatic heterocycles. The Morgan fingerprint density at radius 1 is 1.27 bits per heavy atom. The van der Waals surface area contributed by atoms with Crippen LogP contribution in [-0.2, 0) is 17.9 Å². The molecule has 0 aliphatic heterocycles. The summed E-state index contributed by atoms with van der Waals surface area (Å²) in [5, 5.41) is 20.3. The van der Waals surface area contributed by atoms with Crippen LogP contribution in [0.4, 0.5) is 0 Å². The second-order valence-electron chi connectivity index (χ2n) is 4.84. The van der Waals surface area contributed by atoms with Crippen molar-refractivity contribution in [2.75, 3.05) is 6.61 Å². The summed E-state index contributed by atoms with van der Waals surface area (Å²) in [5.74, 6) is 0. The number of hydrogen-bond donors (Lipinski definition) is 1. The number of aromatic nitrogens is 3. The molecule has 22 heavy (non-hydrogen) atoms. The Labute approximate surface area is 130 Å². The van der Waals surface area contributed by atoms with Crippen molar-refractivity contribution in [2.24, 2.45) is 0 Å². The third kappa shape index (κ3) is 3.38. The van der Waals surface area contributed by atoms with Gasteiger partial charge in [0.05, 0.1) is 31.2 Å². The normalized spacial score (nSPS) is 12.6. The number of fused-ring (bicyclic) bond motifs is 1. The van der Waals surface area contributed by atoms with Crippen molar-refractivity contribution < 1.29 is 9.84 Å². The van der Waals surface area contributed by atoms with E-state index in [9.17, 15) is 9.90 Å². The van der Waals surface area contributed by atoms with Gasteiger partial charge in [-0.05, 0) is 23.6 Å². The van der Waals surface area contributed by atoms with Gasteiger partial charge in [-0.15, -0.1) is 16.4 Å². The molecule has 7 heteroatoms. The van der Waals surface area contributed by atoms with E-state index in [0.717, 1.165) is 4.88 Å². The van der Waals surface area contributed by atoms with Gasteiger partial charge in [-0.2, -0.15) is 0 Å². The highest BCUT2D eigenvalue weighted by Gasteiger charge is 2.10. The van der Waals surface area contributed by atoms with Gasteiger partial charge < -0.3 is 9.84 Å². The van der Waals surface area contributed by atoms with Crippen LogP contribution in [0.15, 0.2) is 46.6 Å². The van der Waals surface area contributed by atoms with Crippen LogP contribution < -0.4 is 5.56 Å². The molecule has 0 amide bonds. The first-order valence-corrected chi connectivity index (χ1v) is 7.73. The van der Waals surface area contributed by atoms with E-state index in [1.165, 1.54) is 4.68 Å². The molecule has 0 bridgehead atoms. The number of aliphatic hydroxyl groups excluding tert-OH is 1. The molecule has 1 aromatic carbocycles. The minimum Gasteiger partial charge on any atom is -0.389 e. The minimum absolute atomic E-state index is 0.0567. The molecule has 1 N–H and O–H groups in total. The first-order chi connectivity index (χ1) is 10.7. The van der Waals surface area contributed by atoms with Crippen LogP contribution in [0.3, 0.4) is 0 Å². The first-order valence-electron chi connectivity index (χ1n) is 6.85. The fourth-order valence-corrected chi connectivity index (χ4v) is 2.73. The largest absolute Gasteiger partial charge is 0.389 e. The van der Waals surface area contributed by atoms with Gasteiger partial charge in [-0.3, -0.25) is 4.79 Å². The van der Waals surface area contributed by atoms with E-state index >= 15 is 0 Å². The highest BCUT2D eigenvalue weighted by Crippen LogP contribution is 2.09. The molecular weight excluding hydrogens is 302 g/mol. The van der Waals surface area contributed by atoms with E-state index in [1.54, 1.807) is 35.6 Å². The fourth-order valence-electron chi connectivity index (χ4n) is 2.09. The lowest BCUT2D eigenvalue weighted by Crippen LogP contribution is -2.31. The number of hydrogen-bond acceptors (Lipinski definition) is 6. The Balaban J connectivity index is 1.62. The molecule has 0 saturated carbocycles. The molecule has 0 unspecified atom stereocenters. The van der Waals surface area contributed by atoms with Crippen molar-refractivity contribution >= 4 is 22.2 Å². The van der Waals surface area contributed by atoms with Crippen LogP contribution in [0.1, 0.15) is 4.88 Å². The summed E-state index contributed by atoms with van der Waals surface area (Å²) in [7, 11) is 0. The Morgan fingerprint density at radius 3 is 2.95 bits per heavy atom. The average molecular weight is 317 g/mol. The summed E-state index contributed by atoms with van der Waals surface area (Å²) in [5.41, 5.74) is 0.287. The molecule has 114 valence electrons. The molecule has 0 fully saturated rings. The Morgan fingerprint density at radius 2 is 2.14 bits per heavy atom. The number of rotatable bonds is 6. The van der Waals surface area contributed by atoms with Gasteiger partial charge in [-0.25, -0.2) is 4.68 Å². The maximum Gasteiger partial charge on any atom is 0.277 e. The number of ether oxygens (including phenoxy) is 1.